The van der Waals surface area contributed by atoms with Crippen molar-refractivity contribution in [2.45, 2.75) is 39.5 Å². The number of phenols is 1. The number of phenolic OH excluding ortho intramolecular Hbond substituents is 1. The van der Waals surface area contributed by atoms with Gasteiger partial charge in [-0.25, -0.2) is 9.97 Å². The Morgan fingerprint density at radius 3 is 2.43 bits per heavy atom. The van der Waals surface area contributed by atoms with Crippen molar-refractivity contribution in [1.82, 2.24) is 14.5 Å². The van der Waals surface area contributed by atoms with Crippen molar-refractivity contribution in [3.63, 3.8) is 0 Å². The highest BCUT2D eigenvalue weighted by Crippen LogP contribution is 2.38. The topological polar surface area (TPSA) is 60.2 Å². The molecule has 0 aliphatic heterocycles. The predicted octanol–water partition coefficient (Wildman–Crippen LogP) is 8.47. The van der Waals surface area contributed by atoms with E-state index in [9.17, 15) is 5.11 Å². The largest absolute Gasteiger partial charge is 0.506 e. The van der Waals surface area contributed by atoms with E-state index >= 15 is 0 Å². The van der Waals surface area contributed by atoms with Gasteiger partial charge in [-0.3, -0.25) is 4.57 Å². The predicted molar refractivity (Wildman–Crippen MR) is 150 cm³/mol. The standard InChI is InChI=1S/C32H29N3O2/c1-19(2)22-16-21-11-14-30(34-31(21)28(36)17-22)37-23-12-13-25-26-9-7-8-24(20(3)4)32(26)35(27(25)18-23)29-10-5-6-15-33-29/h5-20,36H,1-4H3. The Balaban J connectivity index is 1.50. The van der Waals surface area contributed by atoms with E-state index in [1.165, 1.54) is 10.9 Å². The summed E-state index contributed by atoms with van der Waals surface area (Å²) < 4.78 is 8.46. The van der Waals surface area contributed by atoms with Crippen LogP contribution in [-0.2, 0) is 0 Å². The number of fused-ring (bicyclic) bond motifs is 4. The minimum Gasteiger partial charge on any atom is -0.506 e. The van der Waals surface area contributed by atoms with Gasteiger partial charge in [0.25, 0.3) is 0 Å². The first-order valence-electron chi connectivity index (χ1n) is 12.7. The van der Waals surface area contributed by atoms with Crippen LogP contribution in [0.25, 0.3) is 38.5 Å². The van der Waals surface area contributed by atoms with Gasteiger partial charge in [0.2, 0.25) is 5.88 Å². The van der Waals surface area contributed by atoms with E-state index in [4.69, 9.17) is 4.74 Å². The fourth-order valence-corrected chi connectivity index (χ4v) is 5.06. The first-order valence-corrected chi connectivity index (χ1v) is 12.7. The summed E-state index contributed by atoms with van der Waals surface area (Å²) in [6, 6.07) is 26.2. The lowest BCUT2D eigenvalue weighted by molar-refractivity contribution is 0.460. The molecule has 0 fully saturated rings. The molecule has 0 radical (unpaired) electrons. The van der Waals surface area contributed by atoms with Gasteiger partial charge in [0.15, 0.2) is 0 Å². The molecule has 0 aliphatic rings. The van der Waals surface area contributed by atoms with Gasteiger partial charge in [-0.05, 0) is 65.4 Å². The Bertz CT molecular complexity index is 1770. The highest BCUT2D eigenvalue weighted by atomic mass is 16.5. The van der Waals surface area contributed by atoms with Crippen LogP contribution in [0.15, 0.2) is 85.1 Å². The minimum atomic E-state index is 0.165. The van der Waals surface area contributed by atoms with Gasteiger partial charge in [0.05, 0.1) is 11.0 Å². The molecule has 0 saturated carbocycles. The summed E-state index contributed by atoms with van der Waals surface area (Å²) in [6.45, 7) is 8.65. The van der Waals surface area contributed by atoms with Crippen LogP contribution >= 0.6 is 0 Å². The van der Waals surface area contributed by atoms with Crippen molar-refractivity contribution in [3.8, 4) is 23.2 Å². The number of pyridine rings is 2. The van der Waals surface area contributed by atoms with Crippen LogP contribution in [0.1, 0.15) is 50.7 Å². The van der Waals surface area contributed by atoms with Crippen molar-refractivity contribution >= 4 is 32.7 Å². The zero-order chi connectivity index (χ0) is 25.7. The van der Waals surface area contributed by atoms with Gasteiger partial charge in [0.1, 0.15) is 22.8 Å². The van der Waals surface area contributed by atoms with Crippen molar-refractivity contribution in [2.24, 2.45) is 0 Å². The first-order chi connectivity index (χ1) is 17.9. The molecule has 0 amide bonds. The molecule has 0 saturated heterocycles. The number of hydrogen-bond donors (Lipinski definition) is 1. The zero-order valence-corrected chi connectivity index (χ0v) is 21.4. The van der Waals surface area contributed by atoms with Crippen LogP contribution < -0.4 is 4.74 Å². The maximum Gasteiger partial charge on any atom is 0.219 e. The normalized spacial score (nSPS) is 11.8. The van der Waals surface area contributed by atoms with Crippen molar-refractivity contribution in [3.05, 3.63) is 96.2 Å². The number of nitrogens with zero attached hydrogens (tertiary/aromatic N) is 3. The van der Waals surface area contributed by atoms with Crippen LogP contribution in [0.2, 0.25) is 0 Å². The van der Waals surface area contributed by atoms with Gasteiger partial charge in [-0.15, -0.1) is 0 Å². The molecule has 184 valence electrons. The molecule has 5 nitrogen and oxygen atoms in total. The molecule has 1 N–H and O–H groups in total. The fourth-order valence-electron chi connectivity index (χ4n) is 5.06. The minimum absolute atomic E-state index is 0.165. The summed E-state index contributed by atoms with van der Waals surface area (Å²) in [5.74, 6) is 2.81. The van der Waals surface area contributed by atoms with E-state index in [1.54, 1.807) is 6.07 Å². The SMILES string of the molecule is CC(C)c1cc(O)c2nc(Oc3ccc4c5cccc(C(C)C)c5n(-c5ccccn5)c4c3)ccc2c1. The Morgan fingerprint density at radius 2 is 1.68 bits per heavy atom. The Hall–Kier alpha value is -4.38. The lowest BCUT2D eigenvalue weighted by Crippen LogP contribution is -2.00. The van der Waals surface area contributed by atoms with Crippen LogP contribution in [0.3, 0.4) is 0 Å². The molecule has 6 aromatic rings. The molecule has 3 aromatic carbocycles. The fraction of sp³-hybridized carbons (Fsp3) is 0.188. The van der Waals surface area contributed by atoms with Crippen LogP contribution in [-0.4, -0.2) is 19.6 Å². The van der Waals surface area contributed by atoms with Gasteiger partial charge in [-0.1, -0.05) is 52.0 Å². The molecule has 5 heteroatoms. The maximum atomic E-state index is 10.6. The maximum absolute atomic E-state index is 10.6. The summed E-state index contributed by atoms with van der Waals surface area (Å²) in [6.07, 6.45) is 1.82. The van der Waals surface area contributed by atoms with Crippen LogP contribution in [0.4, 0.5) is 0 Å². The Morgan fingerprint density at radius 1 is 0.811 bits per heavy atom. The second-order valence-electron chi connectivity index (χ2n) is 10.1. The second kappa shape index (κ2) is 8.93. The highest BCUT2D eigenvalue weighted by Gasteiger charge is 2.18. The van der Waals surface area contributed by atoms with E-state index in [2.05, 4.69) is 72.6 Å². The van der Waals surface area contributed by atoms with Gasteiger partial charge in [0, 0.05) is 34.5 Å². The monoisotopic (exact) mass is 487 g/mol. The van der Waals surface area contributed by atoms with Crippen LogP contribution in [0.5, 0.6) is 17.4 Å². The third kappa shape index (κ3) is 3.97. The molecule has 0 bridgehead atoms. The van der Waals surface area contributed by atoms with Crippen molar-refractivity contribution in [2.75, 3.05) is 0 Å². The molecule has 0 unspecified atom stereocenters. The van der Waals surface area contributed by atoms with Gasteiger partial charge in [-0.2, -0.15) is 0 Å². The first kappa shape index (κ1) is 23.0. The smallest absolute Gasteiger partial charge is 0.219 e. The lowest BCUT2D eigenvalue weighted by Gasteiger charge is -2.13. The second-order valence-corrected chi connectivity index (χ2v) is 10.1. The average molecular weight is 488 g/mol. The molecule has 3 aromatic heterocycles. The summed E-state index contributed by atoms with van der Waals surface area (Å²) in [4.78, 5) is 9.30. The summed E-state index contributed by atoms with van der Waals surface area (Å²) in [5, 5.41) is 13.8. The number of para-hydroxylation sites is 1. The molecule has 0 aliphatic carbocycles. The number of aromatic hydroxyl groups is 1. The summed E-state index contributed by atoms with van der Waals surface area (Å²) in [5.41, 5.74) is 5.07. The highest BCUT2D eigenvalue weighted by molar-refractivity contribution is 6.10. The molecule has 3 heterocycles. The van der Waals surface area contributed by atoms with Gasteiger partial charge < -0.3 is 9.84 Å². The van der Waals surface area contributed by atoms with E-state index in [0.29, 0.717) is 29.0 Å². The lowest BCUT2D eigenvalue weighted by atomic mass is 10.00. The Kier molecular flexibility index (Phi) is 5.56. The number of hydrogen-bond acceptors (Lipinski definition) is 4. The number of ether oxygens (including phenoxy) is 1. The zero-order valence-electron chi connectivity index (χ0n) is 21.4. The molecular weight excluding hydrogens is 458 g/mol. The van der Waals surface area contributed by atoms with E-state index in [-0.39, 0.29) is 5.75 Å². The average Bonchev–Trinajstić information content (AvgIpc) is 3.23. The molecular formula is C32H29N3O2. The summed E-state index contributed by atoms with van der Waals surface area (Å²) in [7, 11) is 0. The van der Waals surface area contributed by atoms with Gasteiger partial charge >= 0.3 is 0 Å². The number of aromatic nitrogens is 3. The van der Waals surface area contributed by atoms with Crippen molar-refractivity contribution < 1.29 is 9.84 Å². The number of rotatable bonds is 5. The third-order valence-corrected chi connectivity index (χ3v) is 6.95. The number of benzene rings is 3. The molecule has 6 rings (SSSR count). The molecule has 37 heavy (non-hydrogen) atoms. The third-order valence-electron chi connectivity index (χ3n) is 6.95. The van der Waals surface area contributed by atoms with Crippen LogP contribution in [0, 0.1) is 0 Å². The van der Waals surface area contributed by atoms with E-state index < -0.39 is 0 Å². The van der Waals surface area contributed by atoms with Crippen molar-refractivity contribution in [1.29, 1.82) is 0 Å². The molecule has 0 spiro atoms. The quantitative estimate of drug-likeness (QED) is 0.265. The Labute approximate surface area is 216 Å². The molecule has 0 atom stereocenters. The van der Waals surface area contributed by atoms with E-state index in [1.807, 2.05) is 48.7 Å². The van der Waals surface area contributed by atoms with E-state index in [0.717, 1.165) is 33.2 Å². The summed E-state index contributed by atoms with van der Waals surface area (Å²) >= 11 is 0.